The van der Waals surface area contributed by atoms with Gasteiger partial charge in [0.15, 0.2) is 0 Å². The van der Waals surface area contributed by atoms with E-state index in [9.17, 15) is 18.0 Å². The molecule has 1 aliphatic rings. The maximum absolute atomic E-state index is 12.7. The SMILES string of the molecule is CCOCC(=O)NC1CCOc2ccc(-c3ccc(C(F)(F)F)nc3)cc21. The number of benzene rings is 1. The second kappa shape index (κ2) is 7.96. The molecule has 1 aromatic heterocycles. The van der Waals surface area contributed by atoms with Gasteiger partial charge in [-0.1, -0.05) is 12.1 Å². The van der Waals surface area contributed by atoms with Crippen LogP contribution in [0.5, 0.6) is 5.75 Å². The third kappa shape index (κ3) is 4.57. The van der Waals surface area contributed by atoms with Crippen molar-refractivity contribution in [3.05, 3.63) is 47.8 Å². The maximum atomic E-state index is 12.7. The highest BCUT2D eigenvalue weighted by Crippen LogP contribution is 2.36. The lowest BCUT2D eigenvalue weighted by Gasteiger charge is -2.27. The standard InChI is InChI=1S/C19H19F3N2O3/c1-2-26-11-18(25)24-15-7-8-27-16-5-3-12(9-14(15)16)13-4-6-17(23-10-13)19(20,21)22/h3-6,9-10,15H,2,7-8,11H2,1H3,(H,24,25). The Morgan fingerprint density at radius 3 is 2.74 bits per heavy atom. The van der Waals surface area contributed by atoms with Crippen molar-refractivity contribution >= 4 is 5.91 Å². The number of halogens is 3. The van der Waals surface area contributed by atoms with Gasteiger partial charge in [-0.05, 0) is 30.7 Å². The van der Waals surface area contributed by atoms with Crippen LogP contribution in [0, 0.1) is 0 Å². The molecule has 1 aliphatic heterocycles. The number of amides is 1. The highest BCUT2D eigenvalue weighted by molar-refractivity contribution is 5.78. The average molecular weight is 380 g/mol. The summed E-state index contributed by atoms with van der Waals surface area (Å²) in [7, 11) is 0. The van der Waals surface area contributed by atoms with Gasteiger partial charge in [-0.25, -0.2) is 0 Å². The number of rotatable bonds is 5. The predicted octanol–water partition coefficient (Wildman–Crippen LogP) is 3.74. The van der Waals surface area contributed by atoms with Crippen LogP contribution in [0.15, 0.2) is 36.5 Å². The molecule has 144 valence electrons. The minimum atomic E-state index is -4.47. The first-order valence-electron chi connectivity index (χ1n) is 8.56. The largest absolute Gasteiger partial charge is 0.493 e. The normalized spacial score (nSPS) is 16.4. The van der Waals surface area contributed by atoms with Gasteiger partial charge in [-0.3, -0.25) is 9.78 Å². The average Bonchev–Trinajstić information content (AvgIpc) is 2.66. The number of nitrogens with one attached hydrogen (secondary N) is 1. The van der Waals surface area contributed by atoms with Crippen LogP contribution in [0.4, 0.5) is 13.2 Å². The lowest BCUT2D eigenvalue weighted by molar-refractivity contribution is -0.141. The lowest BCUT2D eigenvalue weighted by atomic mass is 9.96. The Bertz CT molecular complexity index is 807. The number of alkyl halides is 3. The van der Waals surface area contributed by atoms with E-state index in [4.69, 9.17) is 9.47 Å². The van der Waals surface area contributed by atoms with Gasteiger partial charge in [0, 0.05) is 30.4 Å². The van der Waals surface area contributed by atoms with Crippen molar-refractivity contribution < 1.29 is 27.4 Å². The fourth-order valence-corrected chi connectivity index (χ4v) is 2.89. The van der Waals surface area contributed by atoms with Crippen LogP contribution in [-0.2, 0) is 15.7 Å². The number of nitrogens with zero attached hydrogens (tertiary/aromatic N) is 1. The van der Waals surface area contributed by atoms with Gasteiger partial charge < -0.3 is 14.8 Å². The first-order valence-corrected chi connectivity index (χ1v) is 8.56. The minimum Gasteiger partial charge on any atom is -0.493 e. The summed E-state index contributed by atoms with van der Waals surface area (Å²) >= 11 is 0. The van der Waals surface area contributed by atoms with Gasteiger partial charge in [0.25, 0.3) is 0 Å². The van der Waals surface area contributed by atoms with E-state index < -0.39 is 11.9 Å². The molecule has 0 saturated heterocycles. The van der Waals surface area contributed by atoms with E-state index in [1.165, 1.54) is 12.3 Å². The second-order valence-corrected chi connectivity index (χ2v) is 6.08. The number of ether oxygens (including phenoxy) is 2. The molecule has 3 rings (SSSR count). The molecule has 8 heteroatoms. The third-order valence-electron chi connectivity index (χ3n) is 4.21. The number of hydrogen-bond donors (Lipinski definition) is 1. The number of fused-ring (bicyclic) bond motifs is 1. The molecule has 1 amide bonds. The zero-order valence-corrected chi connectivity index (χ0v) is 14.7. The summed E-state index contributed by atoms with van der Waals surface area (Å²) < 4.78 is 48.8. The Balaban J connectivity index is 1.84. The summed E-state index contributed by atoms with van der Waals surface area (Å²) in [5, 5.41) is 2.91. The molecule has 0 saturated carbocycles. The maximum Gasteiger partial charge on any atom is 0.433 e. The number of carbonyl (C=O) groups excluding carboxylic acids is 1. The Hall–Kier alpha value is -2.61. The number of carbonyl (C=O) groups is 1. The summed E-state index contributed by atoms with van der Waals surface area (Å²) in [6, 6.07) is 7.40. The van der Waals surface area contributed by atoms with E-state index in [2.05, 4.69) is 10.3 Å². The topological polar surface area (TPSA) is 60.5 Å². The molecule has 0 fully saturated rings. The molecule has 1 atom stereocenters. The lowest BCUT2D eigenvalue weighted by Crippen LogP contribution is -2.34. The van der Waals surface area contributed by atoms with Crippen molar-refractivity contribution in [2.75, 3.05) is 19.8 Å². The Morgan fingerprint density at radius 1 is 1.30 bits per heavy atom. The molecule has 0 spiro atoms. The monoisotopic (exact) mass is 380 g/mol. The smallest absolute Gasteiger partial charge is 0.433 e. The minimum absolute atomic E-state index is 0.0221. The first-order chi connectivity index (χ1) is 12.9. The van der Waals surface area contributed by atoms with Crippen molar-refractivity contribution in [2.24, 2.45) is 0 Å². The van der Waals surface area contributed by atoms with Crippen molar-refractivity contribution in [3.8, 4) is 16.9 Å². The van der Waals surface area contributed by atoms with Gasteiger partial charge in [-0.2, -0.15) is 13.2 Å². The summed E-state index contributed by atoms with van der Waals surface area (Å²) in [6.07, 6.45) is -2.69. The third-order valence-corrected chi connectivity index (χ3v) is 4.21. The van der Waals surface area contributed by atoms with E-state index in [-0.39, 0.29) is 18.6 Å². The molecule has 0 aliphatic carbocycles. The Labute approximate surface area is 154 Å². The fourth-order valence-electron chi connectivity index (χ4n) is 2.89. The molecule has 1 aromatic carbocycles. The van der Waals surface area contributed by atoms with E-state index in [1.54, 1.807) is 19.1 Å². The van der Waals surface area contributed by atoms with E-state index in [0.29, 0.717) is 36.5 Å². The van der Waals surface area contributed by atoms with Gasteiger partial charge in [0.2, 0.25) is 5.91 Å². The summed E-state index contributed by atoms with van der Waals surface area (Å²) in [6.45, 7) is 2.70. The van der Waals surface area contributed by atoms with Gasteiger partial charge >= 0.3 is 6.18 Å². The van der Waals surface area contributed by atoms with Crippen LogP contribution in [0.2, 0.25) is 0 Å². The van der Waals surface area contributed by atoms with Crippen molar-refractivity contribution in [2.45, 2.75) is 25.6 Å². The molecular weight excluding hydrogens is 361 g/mol. The molecule has 0 bridgehead atoms. The summed E-state index contributed by atoms with van der Waals surface area (Å²) in [5.74, 6) is 0.419. The zero-order chi connectivity index (χ0) is 19.4. The molecule has 1 N–H and O–H groups in total. The Morgan fingerprint density at radius 2 is 2.07 bits per heavy atom. The summed E-state index contributed by atoms with van der Waals surface area (Å²) in [5.41, 5.74) is 1.09. The number of hydrogen-bond acceptors (Lipinski definition) is 4. The van der Waals surface area contributed by atoms with Gasteiger partial charge in [-0.15, -0.1) is 0 Å². The fraction of sp³-hybridized carbons (Fsp3) is 0.368. The van der Waals surface area contributed by atoms with Crippen molar-refractivity contribution in [1.29, 1.82) is 0 Å². The highest BCUT2D eigenvalue weighted by atomic mass is 19.4. The number of pyridine rings is 1. The molecule has 2 aromatic rings. The van der Waals surface area contributed by atoms with Crippen LogP contribution in [-0.4, -0.2) is 30.7 Å². The van der Waals surface area contributed by atoms with Crippen molar-refractivity contribution in [1.82, 2.24) is 10.3 Å². The zero-order valence-electron chi connectivity index (χ0n) is 14.7. The quantitative estimate of drug-likeness (QED) is 0.858. The molecule has 0 radical (unpaired) electrons. The van der Waals surface area contributed by atoms with Gasteiger partial charge in [0.05, 0.1) is 12.6 Å². The Kier molecular flexibility index (Phi) is 5.65. The molecule has 5 nitrogen and oxygen atoms in total. The van der Waals surface area contributed by atoms with Crippen LogP contribution in [0.1, 0.15) is 30.6 Å². The van der Waals surface area contributed by atoms with Crippen LogP contribution >= 0.6 is 0 Å². The van der Waals surface area contributed by atoms with E-state index in [0.717, 1.165) is 11.6 Å². The molecule has 27 heavy (non-hydrogen) atoms. The first kappa shape index (κ1) is 19.2. The van der Waals surface area contributed by atoms with E-state index >= 15 is 0 Å². The van der Waals surface area contributed by atoms with Crippen LogP contribution in [0.25, 0.3) is 11.1 Å². The van der Waals surface area contributed by atoms with Gasteiger partial charge in [0.1, 0.15) is 18.1 Å². The summed E-state index contributed by atoms with van der Waals surface area (Å²) in [4.78, 5) is 15.5. The molecular formula is C19H19F3N2O3. The number of aromatic nitrogens is 1. The molecule has 2 heterocycles. The van der Waals surface area contributed by atoms with Crippen LogP contribution < -0.4 is 10.1 Å². The predicted molar refractivity (Wildman–Crippen MR) is 92.2 cm³/mol. The van der Waals surface area contributed by atoms with Crippen molar-refractivity contribution in [3.63, 3.8) is 0 Å². The highest BCUT2D eigenvalue weighted by Gasteiger charge is 2.32. The van der Waals surface area contributed by atoms with E-state index in [1.807, 2.05) is 6.07 Å². The van der Waals surface area contributed by atoms with Crippen LogP contribution in [0.3, 0.4) is 0 Å². The second-order valence-electron chi connectivity index (χ2n) is 6.08. The molecule has 1 unspecified atom stereocenters.